The first-order valence-corrected chi connectivity index (χ1v) is 9.20. The first-order valence-electron chi connectivity index (χ1n) is 6.91. The number of rotatable bonds is 4. The molecule has 1 aromatic carbocycles. The predicted octanol–water partition coefficient (Wildman–Crippen LogP) is 2.14. The zero-order valence-corrected chi connectivity index (χ0v) is 14.4. The third-order valence-electron chi connectivity index (χ3n) is 3.37. The number of hydrogen-bond acceptors (Lipinski definition) is 6. The quantitative estimate of drug-likeness (QED) is 0.780. The van der Waals surface area contributed by atoms with Crippen LogP contribution in [0.15, 0.2) is 45.9 Å². The molecule has 0 saturated heterocycles. The summed E-state index contributed by atoms with van der Waals surface area (Å²) in [6, 6.07) is 5.27. The molecular weight excluding hydrogens is 332 g/mol. The topological polar surface area (TPSA) is 90.9 Å². The van der Waals surface area contributed by atoms with Crippen molar-refractivity contribution in [1.82, 2.24) is 14.8 Å². The van der Waals surface area contributed by atoms with Gasteiger partial charge in [-0.25, -0.2) is 13.4 Å². The van der Waals surface area contributed by atoms with E-state index in [9.17, 15) is 8.42 Å². The maximum absolute atomic E-state index is 12.8. The molecule has 8 heteroatoms. The number of thiazole rings is 1. The van der Waals surface area contributed by atoms with E-state index in [1.54, 1.807) is 23.0 Å². The maximum Gasteiger partial charge on any atom is 0.217 e. The van der Waals surface area contributed by atoms with Gasteiger partial charge in [-0.2, -0.15) is 5.10 Å². The number of nitrogens with two attached hydrogens (primary N) is 1. The molecule has 2 heterocycles. The van der Waals surface area contributed by atoms with E-state index in [-0.39, 0.29) is 15.6 Å². The van der Waals surface area contributed by atoms with Crippen molar-refractivity contribution < 1.29 is 8.42 Å². The van der Waals surface area contributed by atoms with E-state index in [2.05, 4.69) is 10.1 Å². The Balaban J connectivity index is 2.10. The molecule has 0 aliphatic carbocycles. The van der Waals surface area contributed by atoms with Gasteiger partial charge in [-0.3, -0.25) is 4.68 Å². The molecule has 0 fully saturated rings. The van der Waals surface area contributed by atoms with Gasteiger partial charge in [0.05, 0.1) is 17.3 Å². The molecule has 3 rings (SSSR count). The van der Waals surface area contributed by atoms with Crippen molar-refractivity contribution >= 4 is 21.2 Å². The normalized spacial score (nSPS) is 11.8. The van der Waals surface area contributed by atoms with Crippen molar-refractivity contribution in [1.29, 1.82) is 0 Å². The van der Waals surface area contributed by atoms with Gasteiger partial charge in [0.15, 0.2) is 0 Å². The summed E-state index contributed by atoms with van der Waals surface area (Å²) in [5.74, 6) is 0. The number of sulfone groups is 1. The highest BCUT2D eigenvalue weighted by atomic mass is 32.2. The van der Waals surface area contributed by atoms with Gasteiger partial charge >= 0.3 is 0 Å². The van der Waals surface area contributed by atoms with Crippen LogP contribution in [-0.4, -0.2) is 23.2 Å². The van der Waals surface area contributed by atoms with Gasteiger partial charge in [0.25, 0.3) is 0 Å². The van der Waals surface area contributed by atoms with E-state index >= 15 is 0 Å². The molecule has 2 aromatic heterocycles. The van der Waals surface area contributed by atoms with Crippen LogP contribution >= 0.6 is 11.3 Å². The van der Waals surface area contributed by atoms with Crippen LogP contribution in [0.25, 0.3) is 11.1 Å². The smallest absolute Gasteiger partial charge is 0.217 e. The lowest BCUT2D eigenvalue weighted by molar-refractivity contribution is 0.598. The lowest BCUT2D eigenvalue weighted by Crippen LogP contribution is -2.00. The lowest BCUT2D eigenvalue weighted by Gasteiger charge is -2.06. The molecule has 3 aromatic rings. The van der Waals surface area contributed by atoms with Crippen LogP contribution in [-0.2, 0) is 23.4 Å². The molecule has 23 heavy (non-hydrogen) atoms. The molecule has 0 aliphatic heterocycles. The summed E-state index contributed by atoms with van der Waals surface area (Å²) in [5, 5.41) is 4.73. The van der Waals surface area contributed by atoms with E-state index in [1.165, 1.54) is 6.20 Å². The summed E-state index contributed by atoms with van der Waals surface area (Å²) in [6.45, 7) is 2.10. The Hall–Kier alpha value is -2.03. The molecule has 0 atom stereocenters. The highest BCUT2D eigenvalue weighted by Crippen LogP contribution is 2.30. The van der Waals surface area contributed by atoms with Crippen LogP contribution in [0, 0.1) is 6.92 Å². The SMILES string of the molecule is Cc1cc(-c2cnn(C)c2)cc(S(=O)(=O)c2cnc(CN)s2)c1. The highest BCUT2D eigenvalue weighted by Gasteiger charge is 2.22. The van der Waals surface area contributed by atoms with Crippen molar-refractivity contribution in [2.45, 2.75) is 22.6 Å². The fraction of sp³-hybridized carbons (Fsp3) is 0.200. The Labute approximate surface area is 138 Å². The molecule has 0 amide bonds. The molecule has 0 unspecified atom stereocenters. The van der Waals surface area contributed by atoms with Crippen LogP contribution in [0.1, 0.15) is 10.6 Å². The number of aryl methyl sites for hydroxylation is 2. The molecule has 120 valence electrons. The second-order valence-electron chi connectivity index (χ2n) is 5.22. The van der Waals surface area contributed by atoms with Crippen molar-refractivity contribution in [3.8, 4) is 11.1 Å². The number of aromatic nitrogens is 3. The molecule has 0 spiro atoms. The van der Waals surface area contributed by atoms with E-state index < -0.39 is 9.84 Å². The summed E-state index contributed by atoms with van der Waals surface area (Å²) in [6.07, 6.45) is 4.93. The standard InChI is InChI=1S/C15H16N4O2S2/c1-10-3-11(12-7-18-19(2)9-12)5-13(4-10)23(20,21)15-8-17-14(6-16)22-15/h3-5,7-9H,6,16H2,1-2H3. The van der Waals surface area contributed by atoms with Gasteiger partial charge in [0, 0.05) is 25.4 Å². The molecule has 0 radical (unpaired) electrons. The van der Waals surface area contributed by atoms with Gasteiger partial charge in [0.1, 0.15) is 9.22 Å². The Bertz CT molecular complexity index is 958. The monoisotopic (exact) mass is 348 g/mol. The van der Waals surface area contributed by atoms with E-state index in [1.807, 2.05) is 26.2 Å². The molecule has 6 nitrogen and oxygen atoms in total. The third-order valence-corrected chi connectivity index (χ3v) is 6.59. The maximum atomic E-state index is 12.8. The number of nitrogens with zero attached hydrogens (tertiary/aromatic N) is 3. The second-order valence-corrected chi connectivity index (χ2v) is 8.51. The Morgan fingerprint density at radius 1 is 1.22 bits per heavy atom. The average molecular weight is 348 g/mol. The van der Waals surface area contributed by atoms with Crippen molar-refractivity contribution in [3.05, 3.63) is 47.4 Å². The molecular formula is C15H16N4O2S2. The van der Waals surface area contributed by atoms with Crippen molar-refractivity contribution in [2.24, 2.45) is 12.8 Å². The van der Waals surface area contributed by atoms with E-state index in [4.69, 9.17) is 5.73 Å². The molecule has 0 aliphatic rings. The Kier molecular flexibility index (Phi) is 4.05. The van der Waals surface area contributed by atoms with Crippen molar-refractivity contribution in [3.63, 3.8) is 0 Å². The predicted molar refractivity (Wildman–Crippen MR) is 88.8 cm³/mol. The zero-order valence-electron chi connectivity index (χ0n) is 12.7. The summed E-state index contributed by atoms with van der Waals surface area (Å²) < 4.78 is 27.5. The lowest BCUT2D eigenvalue weighted by atomic mass is 10.1. The zero-order chi connectivity index (χ0) is 16.6. The average Bonchev–Trinajstić information content (AvgIpc) is 3.15. The fourth-order valence-electron chi connectivity index (χ4n) is 2.27. The summed E-state index contributed by atoms with van der Waals surface area (Å²) in [5.41, 5.74) is 8.08. The van der Waals surface area contributed by atoms with Gasteiger partial charge in [-0.15, -0.1) is 11.3 Å². The minimum absolute atomic E-state index is 0.209. The second kappa shape index (κ2) is 5.88. The van der Waals surface area contributed by atoms with Gasteiger partial charge < -0.3 is 5.73 Å². The van der Waals surface area contributed by atoms with Crippen LogP contribution < -0.4 is 5.73 Å². The van der Waals surface area contributed by atoms with Crippen LogP contribution in [0.3, 0.4) is 0 Å². The first kappa shape index (κ1) is 15.9. The van der Waals surface area contributed by atoms with E-state index in [0.29, 0.717) is 5.01 Å². The third kappa shape index (κ3) is 3.05. The van der Waals surface area contributed by atoms with Crippen LogP contribution in [0.5, 0.6) is 0 Å². The number of hydrogen-bond donors (Lipinski definition) is 1. The minimum atomic E-state index is -3.60. The first-order chi connectivity index (χ1) is 10.9. The van der Waals surface area contributed by atoms with E-state index in [0.717, 1.165) is 28.0 Å². The van der Waals surface area contributed by atoms with Crippen molar-refractivity contribution in [2.75, 3.05) is 0 Å². The molecule has 2 N–H and O–H groups in total. The van der Waals surface area contributed by atoms with Crippen LogP contribution in [0.2, 0.25) is 0 Å². The summed E-state index contributed by atoms with van der Waals surface area (Å²) >= 11 is 1.11. The summed E-state index contributed by atoms with van der Waals surface area (Å²) in [7, 11) is -1.78. The molecule has 0 saturated carbocycles. The minimum Gasteiger partial charge on any atom is -0.325 e. The Morgan fingerprint density at radius 2 is 2.00 bits per heavy atom. The fourth-order valence-corrected chi connectivity index (χ4v) is 4.86. The van der Waals surface area contributed by atoms with Crippen LogP contribution in [0.4, 0.5) is 0 Å². The summed E-state index contributed by atoms with van der Waals surface area (Å²) in [4.78, 5) is 4.29. The van der Waals surface area contributed by atoms with Gasteiger partial charge in [-0.1, -0.05) is 6.07 Å². The molecule has 0 bridgehead atoms. The highest BCUT2D eigenvalue weighted by molar-refractivity contribution is 7.93. The number of benzene rings is 1. The Morgan fingerprint density at radius 3 is 2.61 bits per heavy atom. The van der Waals surface area contributed by atoms with Gasteiger partial charge in [0.2, 0.25) is 9.84 Å². The van der Waals surface area contributed by atoms with Gasteiger partial charge in [-0.05, 0) is 30.2 Å². The largest absolute Gasteiger partial charge is 0.325 e.